The number of aryl methyl sites for hydroxylation is 1. The summed E-state index contributed by atoms with van der Waals surface area (Å²) in [4.78, 5) is 37.7. The van der Waals surface area contributed by atoms with Gasteiger partial charge in [-0.05, 0) is 38.7 Å². The van der Waals surface area contributed by atoms with Crippen molar-refractivity contribution in [3.05, 3.63) is 29.0 Å². The van der Waals surface area contributed by atoms with E-state index in [0.29, 0.717) is 33.9 Å². The molecule has 2 aromatic heterocycles. The van der Waals surface area contributed by atoms with Crippen molar-refractivity contribution in [2.75, 3.05) is 6.54 Å². The average Bonchev–Trinajstić information content (AvgIpc) is 3.09. The zero-order chi connectivity index (χ0) is 19.2. The molecular formula is C19H24N4O3S. The fourth-order valence-electron chi connectivity index (χ4n) is 3.14. The first-order valence-electron chi connectivity index (χ1n) is 9.28. The van der Waals surface area contributed by atoms with E-state index >= 15 is 0 Å². The SMILES string of the molecule is Cc1nc(-c2ncccn2)sc1C(=O)OC(C)C(=O)NCC1CCCCC1. The fraction of sp³-hybridized carbons (Fsp3) is 0.526. The molecule has 2 aromatic rings. The summed E-state index contributed by atoms with van der Waals surface area (Å²) in [6.07, 6.45) is 8.43. The second-order valence-corrected chi connectivity index (χ2v) is 7.80. The Kier molecular flexibility index (Phi) is 6.49. The number of thiazole rings is 1. The molecule has 3 rings (SSSR count). The van der Waals surface area contributed by atoms with Crippen molar-refractivity contribution in [1.29, 1.82) is 0 Å². The van der Waals surface area contributed by atoms with Crippen LogP contribution in [0.2, 0.25) is 0 Å². The normalized spacial score (nSPS) is 15.9. The molecule has 0 aromatic carbocycles. The number of aromatic nitrogens is 3. The summed E-state index contributed by atoms with van der Waals surface area (Å²) in [5.41, 5.74) is 0.544. The number of carbonyl (C=O) groups is 2. The van der Waals surface area contributed by atoms with Gasteiger partial charge in [-0.1, -0.05) is 19.3 Å². The Labute approximate surface area is 162 Å². The largest absolute Gasteiger partial charge is 0.448 e. The maximum absolute atomic E-state index is 12.5. The first kappa shape index (κ1) is 19.4. The van der Waals surface area contributed by atoms with Crippen molar-refractivity contribution >= 4 is 23.2 Å². The lowest BCUT2D eigenvalue weighted by Gasteiger charge is -2.22. The van der Waals surface area contributed by atoms with Crippen LogP contribution in [0.25, 0.3) is 10.8 Å². The number of hydrogen-bond acceptors (Lipinski definition) is 7. The minimum absolute atomic E-state index is 0.261. The molecule has 7 nitrogen and oxygen atoms in total. The molecule has 1 aliphatic rings. The Bertz CT molecular complexity index is 788. The molecule has 144 valence electrons. The Hall–Kier alpha value is -2.35. The topological polar surface area (TPSA) is 94.1 Å². The minimum Gasteiger partial charge on any atom is -0.448 e. The van der Waals surface area contributed by atoms with Gasteiger partial charge >= 0.3 is 5.97 Å². The highest BCUT2D eigenvalue weighted by Gasteiger charge is 2.24. The number of nitrogens with zero attached hydrogens (tertiary/aromatic N) is 3. The number of hydrogen-bond donors (Lipinski definition) is 1. The van der Waals surface area contributed by atoms with Gasteiger partial charge in [-0.2, -0.15) is 0 Å². The van der Waals surface area contributed by atoms with Crippen molar-refractivity contribution in [2.24, 2.45) is 5.92 Å². The van der Waals surface area contributed by atoms with E-state index in [0.717, 1.165) is 12.8 Å². The standard InChI is InChI=1S/C19H24N4O3S/c1-12-15(27-18(23-12)16-20-9-6-10-21-16)19(25)26-13(2)17(24)22-11-14-7-4-3-5-8-14/h6,9-10,13-14H,3-5,7-8,11H2,1-2H3,(H,22,24). The van der Waals surface area contributed by atoms with E-state index in [1.165, 1.54) is 30.6 Å². The van der Waals surface area contributed by atoms with Gasteiger partial charge in [-0.15, -0.1) is 11.3 Å². The van der Waals surface area contributed by atoms with Gasteiger partial charge in [0.2, 0.25) is 0 Å². The van der Waals surface area contributed by atoms with E-state index in [1.807, 2.05) is 0 Å². The molecule has 1 unspecified atom stereocenters. The molecular weight excluding hydrogens is 364 g/mol. The van der Waals surface area contributed by atoms with E-state index in [-0.39, 0.29) is 5.91 Å². The third kappa shape index (κ3) is 5.09. The monoisotopic (exact) mass is 388 g/mol. The van der Waals surface area contributed by atoms with E-state index in [2.05, 4.69) is 20.3 Å². The molecule has 2 heterocycles. The van der Waals surface area contributed by atoms with Crippen LogP contribution in [0.15, 0.2) is 18.5 Å². The fourth-order valence-corrected chi connectivity index (χ4v) is 4.04. The van der Waals surface area contributed by atoms with Crippen molar-refractivity contribution < 1.29 is 14.3 Å². The summed E-state index contributed by atoms with van der Waals surface area (Å²) in [5.74, 6) is 0.181. The molecule has 8 heteroatoms. The zero-order valence-corrected chi connectivity index (χ0v) is 16.4. The smallest absolute Gasteiger partial charge is 0.351 e. The second-order valence-electron chi connectivity index (χ2n) is 6.80. The summed E-state index contributed by atoms with van der Waals surface area (Å²) in [6.45, 7) is 3.97. The highest BCUT2D eigenvalue weighted by atomic mass is 32.1. The Morgan fingerprint density at radius 3 is 2.67 bits per heavy atom. The lowest BCUT2D eigenvalue weighted by Crippen LogP contribution is -2.38. The number of carbonyl (C=O) groups excluding carboxylic acids is 2. The van der Waals surface area contributed by atoms with Gasteiger partial charge in [0.15, 0.2) is 16.9 Å². The van der Waals surface area contributed by atoms with Crippen LogP contribution < -0.4 is 5.32 Å². The first-order chi connectivity index (χ1) is 13.0. The predicted octanol–water partition coefficient (Wildman–Crippen LogP) is 3.15. The molecule has 0 spiro atoms. The summed E-state index contributed by atoms with van der Waals surface area (Å²) in [6, 6.07) is 1.72. The lowest BCUT2D eigenvalue weighted by molar-refractivity contribution is -0.129. The van der Waals surface area contributed by atoms with Crippen molar-refractivity contribution in [1.82, 2.24) is 20.3 Å². The minimum atomic E-state index is -0.848. The second kappa shape index (κ2) is 9.03. The highest BCUT2D eigenvalue weighted by molar-refractivity contribution is 7.16. The van der Waals surface area contributed by atoms with Crippen LogP contribution in [-0.4, -0.2) is 39.5 Å². The molecule has 1 aliphatic carbocycles. The van der Waals surface area contributed by atoms with Crippen molar-refractivity contribution in [3.63, 3.8) is 0 Å². The van der Waals surface area contributed by atoms with Gasteiger partial charge in [0.1, 0.15) is 4.88 Å². The van der Waals surface area contributed by atoms with Crippen LogP contribution in [0.4, 0.5) is 0 Å². The third-order valence-electron chi connectivity index (χ3n) is 4.68. The van der Waals surface area contributed by atoms with Crippen LogP contribution in [0.1, 0.15) is 54.4 Å². The molecule has 1 amide bonds. The van der Waals surface area contributed by atoms with E-state index < -0.39 is 12.1 Å². The molecule has 0 bridgehead atoms. The molecule has 27 heavy (non-hydrogen) atoms. The van der Waals surface area contributed by atoms with Crippen LogP contribution in [0.3, 0.4) is 0 Å². The van der Waals surface area contributed by atoms with E-state index in [4.69, 9.17) is 4.74 Å². The summed E-state index contributed by atoms with van der Waals surface area (Å²) >= 11 is 1.17. The number of esters is 1. The van der Waals surface area contributed by atoms with Gasteiger partial charge in [0.05, 0.1) is 5.69 Å². The molecule has 0 saturated heterocycles. The highest BCUT2D eigenvalue weighted by Crippen LogP contribution is 2.26. The molecule has 1 atom stereocenters. The van der Waals surface area contributed by atoms with Crippen LogP contribution in [0, 0.1) is 12.8 Å². The van der Waals surface area contributed by atoms with Gasteiger partial charge in [0.25, 0.3) is 5.91 Å². The predicted molar refractivity (Wildman–Crippen MR) is 102 cm³/mol. The number of rotatable bonds is 6. The van der Waals surface area contributed by atoms with E-state index in [1.54, 1.807) is 32.3 Å². The van der Waals surface area contributed by atoms with Crippen LogP contribution >= 0.6 is 11.3 Å². The molecule has 0 aliphatic heterocycles. The van der Waals surface area contributed by atoms with Crippen molar-refractivity contribution in [3.8, 4) is 10.8 Å². The van der Waals surface area contributed by atoms with Crippen molar-refractivity contribution in [2.45, 2.75) is 52.1 Å². The van der Waals surface area contributed by atoms with Gasteiger partial charge in [-0.25, -0.2) is 19.7 Å². The first-order valence-corrected chi connectivity index (χ1v) is 10.1. The molecule has 1 fully saturated rings. The number of nitrogens with one attached hydrogen (secondary N) is 1. The molecule has 0 radical (unpaired) electrons. The van der Waals surface area contributed by atoms with Gasteiger partial charge in [0, 0.05) is 18.9 Å². The molecule has 1 saturated carbocycles. The Morgan fingerprint density at radius 1 is 1.26 bits per heavy atom. The van der Waals surface area contributed by atoms with E-state index in [9.17, 15) is 9.59 Å². The molecule has 1 N–H and O–H groups in total. The van der Waals surface area contributed by atoms with Crippen LogP contribution in [-0.2, 0) is 9.53 Å². The maximum atomic E-state index is 12.5. The van der Waals surface area contributed by atoms with Crippen LogP contribution in [0.5, 0.6) is 0 Å². The number of ether oxygens (including phenoxy) is 1. The average molecular weight is 388 g/mol. The Balaban J connectivity index is 1.56. The summed E-state index contributed by atoms with van der Waals surface area (Å²) in [5, 5.41) is 3.46. The lowest BCUT2D eigenvalue weighted by atomic mass is 9.89. The quantitative estimate of drug-likeness (QED) is 0.764. The number of amides is 1. The summed E-state index contributed by atoms with van der Waals surface area (Å²) in [7, 11) is 0. The van der Waals surface area contributed by atoms with Gasteiger partial charge < -0.3 is 10.1 Å². The Morgan fingerprint density at radius 2 is 1.96 bits per heavy atom. The summed E-state index contributed by atoms with van der Waals surface area (Å²) < 4.78 is 5.35. The zero-order valence-electron chi connectivity index (χ0n) is 15.6. The van der Waals surface area contributed by atoms with Gasteiger partial charge in [-0.3, -0.25) is 4.79 Å². The third-order valence-corrected chi connectivity index (χ3v) is 5.82. The maximum Gasteiger partial charge on any atom is 0.351 e.